The van der Waals surface area contributed by atoms with Gasteiger partial charge in [-0.25, -0.2) is 4.98 Å². The Bertz CT molecular complexity index is 678. The van der Waals surface area contributed by atoms with E-state index in [1.807, 2.05) is 58.0 Å². The van der Waals surface area contributed by atoms with E-state index in [9.17, 15) is 4.79 Å². The van der Waals surface area contributed by atoms with E-state index in [-0.39, 0.29) is 19.4 Å². The van der Waals surface area contributed by atoms with E-state index in [1.165, 1.54) is 0 Å². The van der Waals surface area contributed by atoms with Crippen LogP contribution in [0.3, 0.4) is 0 Å². The van der Waals surface area contributed by atoms with Crippen molar-refractivity contribution in [2.24, 2.45) is 0 Å². The topological polar surface area (TPSA) is 47.4 Å². The average molecular weight is 390 g/mol. The Hall–Kier alpha value is -2.14. The smallest absolute Gasteiger partial charge is 0.226 e. The molecule has 158 valence electrons. The molecule has 5 heteroatoms. The predicted molar refractivity (Wildman–Crippen MR) is 119 cm³/mol. The van der Waals surface area contributed by atoms with Crippen LogP contribution in [0.1, 0.15) is 65.5 Å². The van der Waals surface area contributed by atoms with Crippen molar-refractivity contribution in [1.29, 1.82) is 0 Å². The Balaban J connectivity index is 0.000000567. The Kier molecular flexibility index (Phi) is 12.1. The number of hydrogen-bond donors (Lipinski definition) is 0. The molecule has 28 heavy (non-hydrogen) atoms. The minimum atomic E-state index is 0. The van der Waals surface area contributed by atoms with Gasteiger partial charge in [-0.2, -0.15) is 0 Å². The number of ether oxygens (including phenoxy) is 1. The number of para-hydroxylation sites is 1. The van der Waals surface area contributed by atoms with Gasteiger partial charge >= 0.3 is 0 Å². The molecule has 0 saturated carbocycles. The van der Waals surface area contributed by atoms with Crippen molar-refractivity contribution in [3.8, 4) is 0 Å². The maximum Gasteiger partial charge on any atom is 0.226 e. The van der Waals surface area contributed by atoms with E-state index in [0.717, 1.165) is 23.6 Å². The third-order valence-corrected chi connectivity index (χ3v) is 4.10. The van der Waals surface area contributed by atoms with Gasteiger partial charge in [0.2, 0.25) is 5.91 Å². The van der Waals surface area contributed by atoms with Crippen LogP contribution in [0.25, 0.3) is 0 Å². The SMILES string of the molecule is C.CC(C)OCCCC(=O)N(C)c1ccccc1.Cc1cn(C(C)C)c(C)n1. The van der Waals surface area contributed by atoms with Crippen LogP contribution in [-0.2, 0) is 9.53 Å². The molecule has 1 aromatic heterocycles. The van der Waals surface area contributed by atoms with Crippen molar-refractivity contribution in [2.75, 3.05) is 18.6 Å². The summed E-state index contributed by atoms with van der Waals surface area (Å²) in [6.45, 7) is 13.0. The number of amides is 1. The van der Waals surface area contributed by atoms with Crippen LogP contribution in [0.4, 0.5) is 5.69 Å². The maximum atomic E-state index is 11.9. The lowest BCUT2D eigenvalue weighted by Crippen LogP contribution is -2.26. The molecule has 1 amide bonds. The summed E-state index contributed by atoms with van der Waals surface area (Å²) < 4.78 is 7.58. The first-order valence-corrected chi connectivity index (χ1v) is 9.67. The van der Waals surface area contributed by atoms with Crippen molar-refractivity contribution < 1.29 is 9.53 Å². The van der Waals surface area contributed by atoms with Crippen LogP contribution in [0.2, 0.25) is 0 Å². The number of aromatic nitrogens is 2. The largest absolute Gasteiger partial charge is 0.379 e. The lowest BCUT2D eigenvalue weighted by Gasteiger charge is -2.17. The van der Waals surface area contributed by atoms with Gasteiger partial charge in [0.1, 0.15) is 5.82 Å². The van der Waals surface area contributed by atoms with Crippen LogP contribution in [0.15, 0.2) is 36.5 Å². The number of carbonyl (C=O) groups is 1. The molecule has 0 N–H and O–H groups in total. The number of anilines is 1. The fraction of sp³-hybridized carbons (Fsp3) is 0.565. The zero-order valence-electron chi connectivity index (χ0n) is 17.9. The molecule has 0 radical (unpaired) electrons. The van der Waals surface area contributed by atoms with Crippen LogP contribution in [-0.4, -0.2) is 35.2 Å². The Morgan fingerprint density at radius 1 is 1.14 bits per heavy atom. The van der Waals surface area contributed by atoms with Gasteiger partial charge in [-0.15, -0.1) is 0 Å². The highest BCUT2D eigenvalue weighted by atomic mass is 16.5. The number of carbonyl (C=O) groups excluding carboxylic acids is 1. The molecule has 0 bridgehead atoms. The van der Waals surface area contributed by atoms with Crippen molar-refractivity contribution in [2.45, 2.75) is 74.0 Å². The van der Waals surface area contributed by atoms with Gasteiger partial charge in [0, 0.05) is 38.0 Å². The van der Waals surface area contributed by atoms with Gasteiger partial charge in [0.25, 0.3) is 0 Å². The maximum absolute atomic E-state index is 11.9. The summed E-state index contributed by atoms with van der Waals surface area (Å²) in [6.07, 6.45) is 3.61. The van der Waals surface area contributed by atoms with E-state index in [4.69, 9.17) is 4.74 Å². The van der Waals surface area contributed by atoms with E-state index >= 15 is 0 Å². The minimum Gasteiger partial charge on any atom is -0.379 e. The standard InChI is InChI=1S/C14H21NO2.C8H14N2.CH4/c1-12(2)17-11-7-10-14(16)15(3)13-8-5-4-6-9-13;1-6(2)10-5-7(3)9-8(10)4;/h4-6,8-9,12H,7,10-11H2,1-3H3;5-6H,1-4H3;1H4. The highest BCUT2D eigenvalue weighted by Crippen LogP contribution is 2.12. The van der Waals surface area contributed by atoms with Crippen molar-refractivity contribution >= 4 is 11.6 Å². The summed E-state index contributed by atoms with van der Waals surface area (Å²) in [7, 11) is 1.81. The Labute approximate surface area is 171 Å². The summed E-state index contributed by atoms with van der Waals surface area (Å²) in [5, 5.41) is 0. The minimum absolute atomic E-state index is 0. The fourth-order valence-electron chi connectivity index (χ4n) is 2.66. The molecule has 2 rings (SSSR count). The highest BCUT2D eigenvalue weighted by Gasteiger charge is 2.09. The molecule has 0 aliphatic carbocycles. The molecule has 0 aliphatic heterocycles. The number of aryl methyl sites for hydroxylation is 2. The fourth-order valence-corrected chi connectivity index (χ4v) is 2.66. The number of imidazole rings is 1. The van der Waals surface area contributed by atoms with Gasteiger partial charge in [-0.3, -0.25) is 4.79 Å². The Morgan fingerprint density at radius 2 is 1.75 bits per heavy atom. The van der Waals surface area contributed by atoms with E-state index in [0.29, 0.717) is 19.1 Å². The molecular weight excluding hydrogens is 350 g/mol. The van der Waals surface area contributed by atoms with E-state index in [2.05, 4.69) is 29.6 Å². The molecule has 0 atom stereocenters. The summed E-state index contributed by atoms with van der Waals surface area (Å²) in [6, 6.07) is 10.2. The number of benzene rings is 1. The lowest BCUT2D eigenvalue weighted by molar-refractivity contribution is -0.118. The van der Waals surface area contributed by atoms with Crippen molar-refractivity contribution in [3.05, 3.63) is 48.0 Å². The van der Waals surface area contributed by atoms with Gasteiger partial charge in [-0.05, 0) is 60.1 Å². The van der Waals surface area contributed by atoms with Crippen LogP contribution in [0.5, 0.6) is 0 Å². The zero-order chi connectivity index (χ0) is 20.4. The van der Waals surface area contributed by atoms with Gasteiger partial charge in [0.15, 0.2) is 0 Å². The molecular formula is C23H39N3O2. The number of rotatable bonds is 7. The van der Waals surface area contributed by atoms with Gasteiger partial charge in [0.05, 0.1) is 11.8 Å². The number of nitrogens with zero attached hydrogens (tertiary/aromatic N) is 3. The zero-order valence-corrected chi connectivity index (χ0v) is 17.9. The van der Waals surface area contributed by atoms with Crippen molar-refractivity contribution in [3.63, 3.8) is 0 Å². The van der Waals surface area contributed by atoms with E-state index in [1.54, 1.807) is 11.9 Å². The quantitative estimate of drug-likeness (QED) is 0.582. The molecule has 5 nitrogen and oxygen atoms in total. The molecule has 2 aromatic rings. The average Bonchev–Trinajstić information content (AvgIpc) is 2.97. The molecule has 1 aromatic carbocycles. The molecule has 0 saturated heterocycles. The summed E-state index contributed by atoms with van der Waals surface area (Å²) in [4.78, 5) is 17.8. The van der Waals surface area contributed by atoms with Crippen LogP contribution in [0, 0.1) is 13.8 Å². The third-order valence-electron chi connectivity index (χ3n) is 4.10. The Morgan fingerprint density at radius 3 is 2.18 bits per heavy atom. The second kappa shape index (κ2) is 13.1. The molecule has 0 aliphatic rings. The predicted octanol–water partition coefficient (Wildman–Crippen LogP) is 5.57. The summed E-state index contributed by atoms with van der Waals surface area (Å²) >= 11 is 0. The first kappa shape index (κ1) is 25.9. The summed E-state index contributed by atoms with van der Waals surface area (Å²) in [5.41, 5.74) is 2.04. The van der Waals surface area contributed by atoms with E-state index < -0.39 is 0 Å². The molecule has 0 fully saturated rings. The van der Waals surface area contributed by atoms with Gasteiger partial charge < -0.3 is 14.2 Å². The lowest BCUT2D eigenvalue weighted by atomic mass is 10.2. The first-order chi connectivity index (χ1) is 12.7. The monoisotopic (exact) mass is 389 g/mol. The van der Waals surface area contributed by atoms with Crippen LogP contribution >= 0.6 is 0 Å². The second-order valence-electron chi connectivity index (χ2n) is 7.24. The molecule has 0 spiro atoms. The molecule has 1 heterocycles. The highest BCUT2D eigenvalue weighted by molar-refractivity contribution is 5.92. The van der Waals surface area contributed by atoms with Crippen LogP contribution < -0.4 is 4.90 Å². The first-order valence-electron chi connectivity index (χ1n) is 9.67. The van der Waals surface area contributed by atoms with Gasteiger partial charge in [-0.1, -0.05) is 25.6 Å². The number of hydrogen-bond acceptors (Lipinski definition) is 3. The molecule has 0 unspecified atom stereocenters. The summed E-state index contributed by atoms with van der Waals surface area (Å²) in [5.74, 6) is 1.23. The second-order valence-corrected chi connectivity index (χ2v) is 7.24. The normalized spacial score (nSPS) is 10.3. The van der Waals surface area contributed by atoms with Crippen molar-refractivity contribution in [1.82, 2.24) is 9.55 Å². The third kappa shape index (κ3) is 9.18.